The van der Waals surface area contributed by atoms with Crippen molar-refractivity contribution in [3.05, 3.63) is 0 Å². The van der Waals surface area contributed by atoms with Gasteiger partial charge in [0.1, 0.15) is 0 Å². The van der Waals surface area contributed by atoms with Crippen molar-refractivity contribution in [2.24, 2.45) is 5.73 Å². The number of rotatable bonds is 5. The second-order valence-corrected chi connectivity index (χ2v) is 2.66. The van der Waals surface area contributed by atoms with Crippen molar-refractivity contribution in [2.45, 2.75) is 52.0 Å². The molecule has 0 aliphatic heterocycles. The predicted octanol–water partition coefficient (Wildman–Crippen LogP) is 2.92. The molecule has 0 aliphatic rings. The highest BCUT2D eigenvalue weighted by Crippen LogP contribution is 2.02. The van der Waals surface area contributed by atoms with Gasteiger partial charge in [0.2, 0.25) is 0 Å². The molecule has 2 heteroatoms. The highest BCUT2D eigenvalue weighted by Gasteiger charge is 1.95. The largest absolute Gasteiger partial charge is 0.328 e. The third-order valence-corrected chi connectivity index (χ3v) is 1.70. The lowest BCUT2D eigenvalue weighted by molar-refractivity contribution is 0.547. The SMILES string of the molecule is CCCCCC(N)CC.I. The fourth-order valence-electron chi connectivity index (χ4n) is 0.861. The van der Waals surface area contributed by atoms with Gasteiger partial charge in [-0.15, -0.1) is 24.0 Å². The summed E-state index contributed by atoms with van der Waals surface area (Å²) in [6.07, 6.45) is 6.30. The molecule has 0 heterocycles. The first-order chi connectivity index (χ1) is 4.31. The highest BCUT2D eigenvalue weighted by atomic mass is 127. The number of hydrogen-bond donors (Lipinski definition) is 1. The lowest BCUT2D eigenvalue weighted by Gasteiger charge is -2.05. The van der Waals surface area contributed by atoms with Crippen LogP contribution in [0.1, 0.15) is 46.0 Å². The van der Waals surface area contributed by atoms with Crippen LogP contribution < -0.4 is 5.73 Å². The molecule has 0 spiro atoms. The average Bonchev–Trinajstić information content (AvgIpc) is 1.89. The van der Waals surface area contributed by atoms with Crippen molar-refractivity contribution in [3.8, 4) is 0 Å². The summed E-state index contributed by atoms with van der Waals surface area (Å²) in [5.74, 6) is 0. The molecule has 0 bridgehead atoms. The van der Waals surface area contributed by atoms with E-state index in [0.29, 0.717) is 6.04 Å². The van der Waals surface area contributed by atoms with Crippen LogP contribution >= 0.6 is 24.0 Å². The molecule has 1 atom stereocenters. The van der Waals surface area contributed by atoms with Gasteiger partial charge in [0, 0.05) is 6.04 Å². The maximum absolute atomic E-state index is 5.71. The average molecular weight is 257 g/mol. The third-order valence-electron chi connectivity index (χ3n) is 1.70. The Kier molecular flexibility index (Phi) is 12.9. The summed E-state index contributed by atoms with van der Waals surface area (Å²) in [4.78, 5) is 0. The minimum atomic E-state index is 0. The Morgan fingerprint density at radius 1 is 1.20 bits per heavy atom. The summed E-state index contributed by atoms with van der Waals surface area (Å²) in [5, 5.41) is 0. The molecule has 0 saturated heterocycles. The molecule has 0 saturated carbocycles. The van der Waals surface area contributed by atoms with Gasteiger partial charge >= 0.3 is 0 Å². The van der Waals surface area contributed by atoms with Gasteiger partial charge in [-0.05, 0) is 12.8 Å². The van der Waals surface area contributed by atoms with Crippen LogP contribution in [0.4, 0.5) is 0 Å². The fourth-order valence-corrected chi connectivity index (χ4v) is 0.861. The van der Waals surface area contributed by atoms with Crippen molar-refractivity contribution >= 4 is 24.0 Å². The minimum Gasteiger partial charge on any atom is -0.328 e. The minimum absolute atomic E-state index is 0. The normalized spacial score (nSPS) is 12.3. The Hall–Kier alpha value is 0.690. The molecule has 1 nitrogen and oxygen atoms in total. The molecule has 10 heavy (non-hydrogen) atoms. The van der Waals surface area contributed by atoms with Gasteiger partial charge in [-0.3, -0.25) is 0 Å². The molecule has 0 aliphatic carbocycles. The zero-order valence-electron chi connectivity index (χ0n) is 7.10. The summed E-state index contributed by atoms with van der Waals surface area (Å²) in [6.45, 7) is 4.37. The quantitative estimate of drug-likeness (QED) is 0.594. The number of nitrogens with two attached hydrogens (primary N) is 1. The summed E-state index contributed by atoms with van der Waals surface area (Å²) in [6, 6.07) is 0.455. The monoisotopic (exact) mass is 257 g/mol. The van der Waals surface area contributed by atoms with E-state index in [1.165, 1.54) is 25.7 Å². The first-order valence-electron chi connectivity index (χ1n) is 4.06. The van der Waals surface area contributed by atoms with Gasteiger partial charge < -0.3 is 5.73 Å². The van der Waals surface area contributed by atoms with Crippen molar-refractivity contribution in [1.29, 1.82) is 0 Å². The Morgan fingerprint density at radius 3 is 2.20 bits per heavy atom. The van der Waals surface area contributed by atoms with E-state index in [4.69, 9.17) is 5.73 Å². The van der Waals surface area contributed by atoms with E-state index in [2.05, 4.69) is 13.8 Å². The maximum atomic E-state index is 5.71. The molecule has 0 aromatic carbocycles. The lowest BCUT2D eigenvalue weighted by atomic mass is 10.1. The Bertz CT molecular complexity index is 57.2. The molecular weight excluding hydrogens is 237 g/mol. The van der Waals surface area contributed by atoms with Crippen LogP contribution in [-0.2, 0) is 0 Å². The number of unbranched alkanes of at least 4 members (excludes halogenated alkanes) is 2. The predicted molar refractivity (Wildman–Crippen MR) is 57.8 cm³/mol. The lowest BCUT2D eigenvalue weighted by Crippen LogP contribution is -2.17. The van der Waals surface area contributed by atoms with Crippen LogP contribution in [0.3, 0.4) is 0 Å². The smallest absolute Gasteiger partial charge is 0.00362 e. The van der Waals surface area contributed by atoms with Gasteiger partial charge in [0.15, 0.2) is 0 Å². The highest BCUT2D eigenvalue weighted by molar-refractivity contribution is 14.0. The van der Waals surface area contributed by atoms with Crippen molar-refractivity contribution in [2.75, 3.05) is 0 Å². The fraction of sp³-hybridized carbons (Fsp3) is 1.00. The van der Waals surface area contributed by atoms with E-state index in [1.54, 1.807) is 0 Å². The zero-order chi connectivity index (χ0) is 7.11. The molecule has 1 unspecified atom stereocenters. The van der Waals surface area contributed by atoms with Crippen molar-refractivity contribution < 1.29 is 0 Å². The van der Waals surface area contributed by atoms with Crippen molar-refractivity contribution in [1.82, 2.24) is 0 Å². The molecule has 0 fully saturated rings. The van der Waals surface area contributed by atoms with E-state index in [0.717, 1.165) is 6.42 Å². The molecular formula is C8H20IN. The van der Waals surface area contributed by atoms with E-state index in [9.17, 15) is 0 Å². The molecule has 0 rings (SSSR count). The van der Waals surface area contributed by atoms with E-state index in [-0.39, 0.29) is 24.0 Å². The second-order valence-electron chi connectivity index (χ2n) is 2.66. The molecule has 0 aromatic heterocycles. The van der Waals surface area contributed by atoms with E-state index < -0.39 is 0 Å². The van der Waals surface area contributed by atoms with Crippen LogP contribution in [0.15, 0.2) is 0 Å². The van der Waals surface area contributed by atoms with E-state index >= 15 is 0 Å². The van der Waals surface area contributed by atoms with Gasteiger partial charge in [-0.1, -0.05) is 33.1 Å². The third kappa shape index (κ3) is 8.69. The maximum Gasteiger partial charge on any atom is 0.00362 e. The van der Waals surface area contributed by atoms with Crippen LogP contribution in [0.25, 0.3) is 0 Å². The Labute approximate surface area is 81.8 Å². The summed E-state index contributed by atoms with van der Waals surface area (Å²) in [5.41, 5.74) is 5.71. The molecule has 0 amide bonds. The zero-order valence-corrected chi connectivity index (χ0v) is 9.43. The van der Waals surface area contributed by atoms with Gasteiger partial charge in [0.25, 0.3) is 0 Å². The van der Waals surface area contributed by atoms with Gasteiger partial charge in [-0.2, -0.15) is 0 Å². The molecule has 2 N–H and O–H groups in total. The first kappa shape index (κ1) is 13.3. The Morgan fingerprint density at radius 2 is 1.80 bits per heavy atom. The first-order valence-corrected chi connectivity index (χ1v) is 4.06. The van der Waals surface area contributed by atoms with Crippen LogP contribution in [0.2, 0.25) is 0 Å². The standard InChI is InChI=1S/C8H19N.HI/c1-3-5-6-7-8(9)4-2;/h8H,3-7,9H2,1-2H3;1H. The van der Waals surface area contributed by atoms with Gasteiger partial charge in [-0.25, -0.2) is 0 Å². The van der Waals surface area contributed by atoms with E-state index in [1.807, 2.05) is 0 Å². The van der Waals surface area contributed by atoms with Crippen molar-refractivity contribution in [3.63, 3.8) is 0 Å². The number of halogens is 1. The van der Waals surface area contributed by atoms with Crippen LogP contribution in [0, 0.1) is 0 Å². The summed E-state index contributed by atoms with van der Waals surface area (Å²) < 4.78 is 0. The van der Waals surface area contributed by atoms with Gasteiger partial charge in [0.05, 0.1) is 0 Å². The second kappa shape index (κ2) is 9.69. The number of hydrogen-bond acceptors (Lipinski definition) is 1. The van der Waals surface area contributed by atoms with Crippen LogP contribution in [0.5, 0.6) is 0 Å². The molecule has 0 aromatic rings. The topological polar surface area (TPSA) is 26.0 Å². The summed E-state index contributed by atoms with van der Waals surface area (Å²) >= 11 is 0. The molecule has 0 radical (unpaired) electrons. The molecule has 64 valence electrons. The van der Waals surface area contributed by atoms with Crippen LogP contribution in [-0.4, -0.2) is 6.04 Å². The Balaban J connectivity index is 0. The summed E-state index contributed by atoms with van der Waals surface area (Å²) in [7, 11) is 0.